The van der Waals surface area contributed by atoms with Gasteiger partial charge in [-0.25, -0.2) is 4.68 Å². The van der Waals surface area contributed by atoms with Gasteiger partial charge in [0.1, 0.15) is 11.4 Å². The minimum atomic E-state index is -4.56. The molecule has 0 spiro atoms. The zero-order valence-electron chi connectivity index (χ0n) is 21.0. The van der Waals surface area contributed by atoms with Crippen LogP contribution in [0.3, 0.4) is 0 Å². The molecule has 9 nitrogen and oxygen atoms in total. The number of halogens is 3. The molecule has 36 heavy (non-hydrogen) atoms. The van der Waals surface area contributed by atoms with Crippen molar-refractivity contribution in [1.29, 1.82) is 0 Å². The predicted molar refractivity (Wildman–Crippen MR) is 126 cm³/mol. The Morgan fingerprint density at radius 1 is 1.22 bits per heavy atom. The average Bonchev–Trinajstić information content (AvgIpc) is 3.37. The van der Waals surface area contributed by atoms with Crippen LogP contribution in [0.1, 0.15) is 51.4 Å². The molecule has 0 aliphatic carbocycles. The predicted octanol–water partition coefficient (Wildman–Crippen LogP) is 4.18. The highest BCUT2D eigenvalue weighted by Gasteiger charge is 2.47. The summed E-state index contributed by atoms with van der Waals surface area (Å²) in [6.45, 7) is 4.01. The first-order chi connectivity index (χ1) is 17.0. The van der Waals surface area contributed by atoms with Crippen molar-refractivity contribution in [2.24, 2.45) is 7.05 Å². The zero-order chi connectivity index (χ0) is 26.4. The Balaban J connectivity index is 1.69. The normalized spacial score (nSPS) is 17.4. The molecule has 1 aliphatic heterocycles. The van der Waals surface area contributed by atoms with Gasteiger partial charge in [0.25, 0.3) is 5.91 Å². The first kappa shape index (κ1) is 25.4. The number of benzene rings is 1. The number of aryl methyl sites for hydroxylation is 2. The third-order valence-electron chi connectivity index (χ3n) is 6.68. The van der Waals surface area contributed by atoms with E-state index in [1.165, 1.54) is 25.3 Å². The lowest BCUT2D eigenvalue weighted by atomic mass is 9.96. The third kappa shape index (κ3) is 4.47. The van der Waals surface area contributed by atoms with E-state index in [0.29, 0.717) is 17.1 Å². The molecule has 0 radical (unpaired) electrons. The van der Waals surface area contributed by atoms with Gasteiger partial charge >= 0.3 is 6.18 Å². The van der Waals surface area contributed by atoms with Crippen LogP contribution in [0.25, 0.3) is 0 Å². The first-order valence-corrected chi connectivity index (χ1v) is 11.3. The van der Waals surface area contributed by atoms with Gasteiger partial charge in [0.05, 0.1) is 32.2 Å². The molecule has 1 aromatic carbocycles. The van der Waals surface area contributed by atoms with Crippen molar-refractivity contribution in [3.05, 3.63) is 52.5 Å². The number of anilines is 1. The topological polar surface area (TPSA) is 86.4 Å². The van der Waals surface area contributed by atoms with E-state index < -0.39 is 24.2 Å². The molecule has 3 heterocycles. The Morgan fingerprint density at radius 3 is 2.50 bits per heavy atom. The quantitative estimate of drug-likeness (QED) is 0.540. The van der Waals surface area contributed by atoms with Crippen LogP contribution in [-0.2, 0) is 13.6 Å². The molecule has 194 valence electrons. The van der Waals surface area contributed by atoms with Crippen molar-refractivity contribution in [2.45, 2.75) is 45.1 Å². The van der Waals surface area contributed by atoms with E-state index >= 15 is 0 Å². The van der Waals surface area contributed by atoms with Crippen molar-refractivity contribution in [3.63, 3.8) is 0 Å². The van der Waals surface area contributed by atoms with Crippen LogP contribution in [0.2, 0.25) is 0 Å². The van der Waals surface area contributed by atoms with Crippen LogP contribution < -0.4 is 14.8 Å². The fraction of sp³-hybridized carbons (Fsp3) is 0.458. The number of alkyl halides is 3. The Morgan fingerprint density at radius 2 is 1.92 bits per heavy atom. The second-order valence-corrected chi connectivity index (χ2v) is 8.89. The minimum absolute atomic E-state index is 0.0276. The smallest absolute Gasteiger partial charge is 0.410 e. The molecule has 1 aliphatic rings. The molecule has 0 saturated heterocycles. The van der Waals surface area contributed by atoms with E-state index in [4.69, 9.17) is 9.47 Å². The summed E-state index contributed by atoms with van der Waals surface area (Å²) in [7, 11) is 6.37. The SMILES string of the molecule is COc1ccc([C@@H]2C[C@H](C(F)(F)F)n3ncc(C(=O)N(C)Cc4c(C)nn(C)c4C)c3N2)cc1OC. The van der Waals surface area contributed by atoms with Crippen molar-refractivity contribution in [3.8, 4) is 11.5 Å². The highest BCUT2D eigenvalue weighted by atomic mass is 19.4. The lowest BCUT2D eigenvalue weighted by molar-refractivity contribution is -0.173. The van der Waals surface area contributed by atoms with Gasteiger partial charge in [-0.15, -0.1) is 0 Å². The van der Waals surface area contributed by atoms with Crippen molar-refractivity contribution in [1.82, 2.24) is 24.5 Å². The fourth-order valence-corrected chi connectivity index (χ4v) is 4.57. The molecule has 0 bridgehead atoms. The highest BCUT2D eigenvalue weighted by molar-refractivity contribution is 5.98. The second kappa shape index (κ2) is 9.40. The van der Waals surface area contributed by atoms with Crippen molar-refractivity contribution in [2.75, 3.05) is 26.6 Å². The maximum absolute atomic E-state index is 14.1. The van der Waals surface area contributed by atoms with Crippen LogP contribution >= 0.6 is 0 Å². The molecule has 0 unspecified atom stereocenters. The lowest BCUT2D eigenvalue weighted by Gasteiger charge is -2.34. The summed E-state index contributed by atoms with van der Waals surface area (Å²) in [5.41, 5.74) is 3.22. The van der Waals surface area contributed by atoms with Gasteiger partial charge in [-0.3, -0.25) is 9.48 Å². The maximum atomic E-state index is 14.1. The molecular weight excluding hydrogens is 477 g/mol. The molecule has 12 heteroatoms. The summed E-state index contributed by atoms with van der Waals surface area (Å²) < 4.78 is 55.4. The number of amides is 1. The van der Waals surface area contributed by atoms with Crippen LogP contribution in [0.5, 0.6) is 11.5 Å². The highest BCUT2D eigenvalue weighted by Crippen LogP contribution is 2.45. The van der Waals surface area contributed by atoms with Crippen molar-refractivity contribution < 1.29 is 27.4 Å². The van der Waals surface area contributed by atoms with Gasteiger partial charge in [0.2, 0.25) is 0 Å². The number of rotatable bonds is 6. The molecule has 4 rings (SSSR count). The summed E-state index contributed by atoms with van der Waals surface area (Å²) in [6, 6.07) is 2.32. The second-order valence-electron chi connectivity index (χ2n) is 8.89. The molecule has 1 amide bonds. The van der Waals surface area contributed by atoms with Crippen LogP contribution in [0, 0.1) is 13.8 Å². The number of methoxy groups -OCH3 is 2. The number of nitrogens with one attached hydrogen (secondary N) is 1. The first-order valence-electron chi connectivity index (χ1n) is 11.3. The van der Waals surface area contributed by atoms with Crippen LogP contribution in [0.4, 0.5) is 19.0 Å². The Kier molecular flexibility index (Phi) is 6.63. The van der Waals surface area contributed by atoms with E-state index in [1.54, 1.807) is 29.9 Å². The van der Waals surface area contributed by atoms with E-state index in [1.807, 2.05) is 20.9 Å². The molecular formula is C24H29F3N6O3. The van der Waals surface area contributed by atoms with Gasteiger partial charge in [-0.2, -0.15) is 23.4 Å². The number of aromatic nitrogens is 4. The van der Waals surface area contributed by atoms with Crippen molar-refractivity contribution >= 4 is 11.7 Å². The van der Waals surface area contributed by atoms with E-state index in [9.17, 15) is 18.0 Å². The number of carbonyl (C=O) groups excluding carboxylic acids is 1. The Bertz CT molecular complexity index is 1280. The molecule has 2 aromatic heterocycles. The standard InChI is InChI=1S/C24H29F3N6O3/c1-13-17(14(2)32(4)30-13)12-31(3)23(34)16-11-28-33-21(24(25,26)27)10-18(29-22(16)33)15-7-8-19(35-5)20(9-15)36-6/h7-9,11,18,21,29H,10,12H2,1-6H3/t18-,21+/m0/s1. The van der Waals surface area contributed by atoms with Gasteiger partial charge in [0.15, 0.2) is 17.5 Å². The number of ether oxygens (including phenoxy) is 2. The number of hydrogen-bond donors (Lipinski definition) is 1. The lowest BCUT2D eigenvalue weighted by Crippen LogP contribution is -2.36. The zero-order valence-corrected chi connectivity index (χ0v) is 21.0. The average molecular weight is 507 g/mol. The molecule has 0 fully saturated rings. The van der Waals surface area contributed by atoms with E-state index in [2.05, 4.69) is 15.5 Å². The summed E-state index contributed by atoms with van der Waals surface area (Å²) in [5.74, 6) is 0.450. The summed E-state index contributed by atoms with van der Waals surface area (Å²) in [5, 5.41) is 11.5. The van der Waals surface area contributed by atoms with Gasteiger partial charge in [0, 0.05) is 38.3 Å². The summed E-state index contributed by atoms with van der Waals surface area (Å²) in [6.07, 6.45) is -3.67. The Hall–Kier alpha value is -3.70. The fourth-order valence-electron chi connectivity index (χ4n) is 4.57. The monoisotopic (exact) mass is 506 g/mol. The number of hydrogen-bond acceptors (Lipinski definition) is 6. The van der Waals surface area contributed by atoms with Gasteiger partial charge in [-0.1, -0.05) is 6.07 Å². The van der Waals surface area contributed by atoms with Gasteiger partial charge in [-0.05, 0) is 31.5 Å². The number of fused-ring (bicyclic) bond motifs is 1. The van der Waals surface area contributed by atoms with Crippen LogP contribution in [-0.4, -0.2) is 57.8 Å². The molecule has 3 aromatic rings. The number of carbonyl (C=O) groups is 1. The summed E-state index contributed by atoms with van der Waals surface area (Å²) in [4.78, 5) is 14.8. The molecule has 1 N–H and O–H groups in total. The molecule has 2 atom stereocenters. The van der Waals surface area contributed by atoms with Gasteiger partial charge < -0.3 is 19.7 Å². The molecule has 0 saturated carbocycles. The third-order valence-corrected chi connectivity index (χ3v) is 6.68. The largest absolute Gasteiger partial charge is 0.493 e. The Labute approximate surface area is 206 Å². The van der Waals surface area contributed by atoms with Crippen LogP contribution in [0.15, 0.2) is 24.4 Å². The minimum Gasteiger partial charge on any atom is -0.493 e. The van der Waals surface area contributed by atoms with E-state index in [-0.39, 0.29) is 24.3 Å². The van der Waals surface area contributed by atoms with E-state index in [0.717, 1.165) is 21.6 Å². The summed E-state index contributed by atoms with van der Waals surface area (Å²) >= 11 is 0. The maximum Gasteiger partial charge on any atom is 0.410 e. The number of nitrogens with zero attached hydrogens (tertiary/aromatic N) is 5.